The van der Waals surface area contributed by atoms with Gasteiger partial charge in [0.1, 0.15) is 27.8 Å². The molecule has 1 aliphatic carbocycles. The SMILES string of the molecule is CN(C)CCN.Nc1cccc(Br)n1.Nc1cccc(N2CCCC2=O)n1.O=C1CCCC1.[Cu][I]. The number of carbonyl (C=O) groups is 2. The third-order valence-corrected chi connectivity index (χ3v) is 5.02. The summed E-state index contributed by atoms with van der Waals surface area (Å²) in [5, 5.41) is 0. The standard InChI is InChI=1S/C9H11N3O.C5H5BrN2.C5H8O.C4H12N2.Cu.HI/c10-7-3-1-4-8(11-7)12-6-2-5-9(12)13;6-4-2-1-3-5(7)8-4;6-5-3-1-2-4-5;1-6(2)4-3-5;;/h1,3-4H,2,5-6H2,(H2,10,11);1-3H,(H2,7,8);1-4H2;3-5H2,1-2H3;;1H/q;;;;+1;/p-1. The summed E-state index contributed by atoms with van der Waals surface area (Å²) in [4.78, 5) is 33.3. The number of ketones is 1. The average Bonchev–Trinajstić information content (AvgIpc) is 3.47. The Morgan fingerprint density at radius 1 is 0.971 bits per heavy atom. The van der Waals surface area contributed by atoms with Crippen molar-refractivity contribution in [3.05, 3.63) is 41.0 Å². The number of nitrogen functional groups attached to an aromatic ring is 2. The number of nitrogens with two attached hydrogens (primary N) is 3. The summed E-state index contributed by atoms with van der Waals surface area (Å²) in [6.45, 7) is 2.50. The number of anilines is 3. The van der Waals surface area contributed by atoms with Crippen molar-refractivity contribution < 1.29 is 22.4 Å². The molecule has 1 aliphatic heterocycles. The van der Waals surface area contributed by atoms with E-state index in [9.17, 15) is 9.59 Å². The van der Waals surface area contributed by atoms with Gasteiger partial charge in [-0.25, -0.2) is 9.97 Å². The van der Waals surface area contributed by atoms with E-state index >= 15 is 0 Å². The Hall–Kier alpha value is -1.31. The number of hydrogen-bond acceptors (Lipinski definition) is 8. The van der Waals surface area contributed by atoms with E-state index in [0.717, 1.165) is 56.3 Å². The number of Topliss-reactive ketones (excluding diaryl/α,β-unsaturated/α-hetero) is 1. The summed E-state index contributed by atoms with van der Waals surface area (Å²) < 4.78 is 0.775. The maximum atomic E-state index is 11.3. The van der Waals surface area contributed by atoms with Crippen molar-refractivity contribution >= 4 is 65.4 Å². The van der Waals surface area contributed by atoms with Gasteiger partial charge in [-0.15, -0.1) is 0 Å². The average molecular weight is 713 g/mol. The number of hydrogen-bond donors (Lipinski definition) is 3. The van der Waals surface area contributed by atoms with E-state index in [2.05, 4.69) is 43.6 Å². The van der Waals surface area contributed by atoms with E-state index in [1.807, 2.05) is 32.3 Å². The zero-order valence-electron chi connectivity index (χ0n) is 20.2. The van der Waals surface area contributed by atoms with E-state index < -0.39 is 0 Å². The minimum absolute atomic E-state index is 0.137. The molecule has 0 bridgehead atoms. The molecule has 1 amide bonds. The van der Waals surface area contributed by atoms with Crippen LogP contribution >= 0.6 is 36.3 Å². The fourth-order valence-corrected chi connectivity index (χ4v) is 3.29. The van der Waals surface area contributed by atoms with E-state index in [-0.39, 0.29) is 5.91 Å². The quantitative estimate of drug-likeness (QED) is 0.248. The molecule has 6 N–H and O–H groups in total. The number of nitrogens with zero attached hydrogens (tertiary/aromatic N) is 4. The topological polar surface area (TPSA) is 144 Å². The van der Waals surface area contributed by atoms with Crippen LogP contribution in [0.2, 0.25) is 0 Å². The molecule has 2 aliphatic rings. The van der Waals surface area contributed by atoms with Crippen molar-refractivity contribution in [3.8, 4) is 0 Å². The Balaban J connectivity index is 0.000000456. The van der Waals surface area contributed by atoms with Gasteiger partial charge in [0.25, 0.3) is 0 Å². The molecule has 12 heteroatoms. The summed E-state index contributed by atoms with van der Waals surface area (Å²) >= 11 is 9.04. The first-order chi connectivity index (χ1) is 16.7. The first kappa shape index (κ1) is 33.7. The molecule has 0 aromatic carbocycles. The summed E-state index contributed by atoms with van der Waals surface area (Å²) in [5.74, 6) is 2.26. The fraction of sp³-hybridized carbons (Fsp3) is 0.478. The molecule has 0 atom stereocenters. The summed E-state index contributed by atoms with van der Waals surface area (Å²) in [6.07, 6.45) is 5.50. The second kappa shape index (κ2) is 20.8. The van der Waals surface area contributed by atoms with Gasteiger partial charge in [0, 0.05) is 38.9 Å². The van der Waals surface area contributed by atoms with Crippen LogP contribution in [-0.2, 0) is 22.4 Å². The Morgan fingerprint density at radius 3 is 1.86 bits per heavy atom. The number of amides is 1. The van der Waals surface area contributed by atoms with E-state index in [0.29, 0.717) is 29.7 Å². The van der Waals surface area contributed by atoms with Crippen molar-refractivity contribution in [1.29, 1.82) is 0 Å². The number of pyridine rings is 2. The molecular weight excluding hydrogens is 677 g/mol. The Kier molecular flexibility index (Phi) is 20.1. The van der Waals surface area contributed by atoms with Crippen LogP contribution in [0.3, 0.4) is 0 Å². The summed E-state index contributed by atoms with van der Waals surface area (Å²) in [6, 6.07) is 10.7. The molecule has 2 aromatic rings. The first-order valence-corrected chi connectivity index (χ1v) is 14.9. The van der Waals surface area contributed by atoms with Gasteiger partial charge in [0.05, 0.1) is 0 Å². The number of likely N-dealkylation sites (N-methyl/N-ethyl adjacent to an activating group) is 1. The Labute approximate surface area is 236 Å². The molecule has 35 heavy (non-hydrogen) atoms. The van der Waals surface area contributed by atoms with Gasteiger partial charge in [0.15, 0.2) is 0 Å². The molecule has 0 unspecified atom stereocenters. The third-order valence-electron chi connectivity index (χ3n) is 4.58. The molecule has 2 aromatic heterocycles. The van der Waals surface area contributed by atoms with E-state index in [1.165, 1.54) is 0 Å². The zero-order valence-corrected chi connectivity index (χ0v) is 24.9. The number of halogens is 2. The number of carbonyl (C=O) groups excluding carboxylic acids is 2. The molecule has 1 saturated heterocycles. The Morgan fingerprint density at radius 2 is 1.54 bits per heavy atom. The molecular formula is C23H36BrCuIN7O2. The van der Waals surface area contributed by atoms with E-state index in [4.69, 9.17) is 17.2 Å². The van der Waals surface area contributed by atoms with Crippen LogP contribution in [0.5, 0.6) is 0 Å². The molecule has 1 saturated carbocycles. The number of rotatable bonds is 3. The predicted molar refractivity (Wildman–Crippen MR) is 152 cm³/mol. The van der Waals surface area contributed by atoms with Gasteiger partial charge in [-0.2, -0.15) is 0 Å². The van der Waals surface area contributed by atoms with Crippen LogP contribution in [-0.4, -0.2) is 60.3 Å². The van der Waals surface area contributed by atoms with Crippen LogP contribution in [0.4, 0.5) is 17.5 Å². The van der Waals surface area contributed by atoms with Gasteiger partial charge in [0.2, 0.25) is 5.91 Å². The maximum absolute atomic E-state index is 11.3. The van der Waals surface area contributed by atoms with Crippen molar-refractivity contribution in [2.75, 3.05) is 50.1 Å². The van der Waals surface area contributed by atoms with Gasteiger partial charge in [-0.3, -0.25) is 14.5 Å². The fourth-order valence-electron chi connectivity index (χ4n) is 2.93. The first-order valence-electron chi connectivity index (χ1n) is 11.1. The molecule has 200 valence electrons. The van der Waals surface area contributed by atoms with Crippen LogP contribution in [0, 0.1) is 0 Å². The van der Waals surface area contributed by atoms with Gasteiger partial charge < -0.3 is 22.1 Å². The molecule has 3 heterocycles. The van der Waals surface area contributed by atoms with Crippen LogP contribution < -0.4 is 22.1 Å². The minimum atomic E-state index is 0.137. The van der Waals surface area contributed by atoms with Crippen LogP contribution in [0.25, 0.3) is 0 Å². The number of aromatic nitrogens is 2. The Bertz CT molecular complexity index is 852. The van der Waals surface area contributed by atoms with Crippen LogP contribution in [0.15, 0.2) is 41.0 Å². The molecule has 0 radical (unpaired) electrons. The van der Waals surface area contributed by atoms with Gasteiger partial charge in [-0.05, 0) is 73.6 Å². The normalized spacial score (nSPS) is 14.0. The monoisotopic (exact) mass is 711 g/mol. The van der Waals surface area contributed by atoms with Crippen LogP contribution in [0.1, 0.15) is 38.5 Å². The zero-order chi connectivity index (χ0) is 26.6. The molecule has 2 fully saturated rings. The molecule has 0 spiro atoms. The van der Waals surface area contributed by atoms with Crippen molar-refractivity contribution in [2.24, 2.45) is 5.73 Å². The van der Waals surface area contributed by atoms with Crippen molar-refractivity contribution in [3.63, 3.8) is 0 Å². The van der Waals surface area contributed by atoms with Gasteiger partial charge >= 0.3 is 33.1 Å². The summed E-state index contributed by atoms with van der Waals surface area (Å²) in [7, 11) is 4.01. The summed E-state index contributed by atoms with van der Waals surface area (Å²) in [5.41, 5.74) is 16.0. The van der Waals surface area contributed by atoms with Crippen molar-refractivity contribution in [2.45, 2.75) is 38.5 Å². The molecule has 9 nitrogen and oxygen atoms in total. The predicted octanol–water partition coefficient (Wildman–Crippen LogP) is 3.74. The second-order valence-electron chi connectivity index (χ2n) is 7.79. The van der Waals surface area contributed by atoms with Gasteiger partial charge in [-0.1, -0.05) is 12.1 Å². The van der Waals surface area contributed by atoms with E-state index in [1.54, 1.807) is 43.4 Å². The van der Waals surface area contributed by atoms with Crippen molar-refractivity contribution in [1.82, 2.24) is 14.9 Å². The second-order valence-corrected chi connectivity index (χ2v) is 8.60. The third kappa shape index (κ3) is 16.9. The molecule has 4 rings (SSSR count).